The number of amides is 3. The van der Waals surface area contributed by atoms with Crippen molar-refractivity contribution < 1.29 is 27.9 Å². The Bertz CT molecular complexity index is 981. The van der Waals surface area contributed by atoms with Gasteiger partial charge in [0.2, 0.25) is 27.7 Å². The molecule has 12 heteroatoms. The molecule has 2 aliphatic carbocycles. The number of carbonyl (C=O) groups is 3. The Labute approximate surface area is 260 Å². The van der Waals surface area contributed by atoms with Gasteiger partial charge in [0.1, 0.15) is 0 Å². The van der Waals surface area contributed by atoms with E-state index in [1.54, 1.807) is 0 Å². The molecule has 5 N–H and O–H groups in total. The quantitative estimate of drug-likeness (QED) is 0.170. The zero-order valence-electron chi connectivity index (χ0n) is 27.2. The third kappa shape index (κ3) is 12.6. The second-order valence-corrected chi connectivity index (χ2v) is 15.0. The van der Waals surface area contributed by atoms with E-state index in [9.17, 15) is 27.9 Å². The van der Waals surface area contributed by atoms with E-state index in [-0.39, 0.29) is 36.5 Å². The standard InChI is InChI=1S/C31H59N5O6S/c1-6-14-35(15-7-2)31(40)26-18-24(29(32)38)17-25(19-26)30(39)33-27(16-23-12-10-9-11-13-23)28(37)20-36(8-3)34-43(41,42)21-22(4)5/h22-28,34,37H,6-21H2,1-5H3,(H2,32,38)(H,33,39). The first-order valence-electron chi connectivity index (χ1n) is 16.6. The van der Waals surface area contributed by atoms with Crippen LogP contribution in [0.25, 0.3) is 0 Å². The van der Waals surface area contributed by atoms with Crippen LogP contribution < -0.4 is 15.9 Å². The Kier molecular flexibility index (Phi) is 15.9. The molecular formula is C31H59N5O6S. The van der Waals surface area contributed by atoms with Crippen molar-refractivity contribution in [3.63, 3.8) is 0 Å². The fraction of sp³-hybridized carbons (Fsp3) is 0.903. The van der Waals surface area contributed by atoms with E-state index >= 15 is 0 Å². The SMILES string of the molecule is CCCN(CCC)C(=O)C1CC(C(N)=O)CC(C(=O)NC(CC2CCCCC2)C(O)CN(CC)NS(=O)(=O)CC(C)C)C1. The highest BCUT2D eigenvalue weighted by atomic mass is 32.2. The normalized spacial score (nSPS) is 23.2. The van der Waals surface area contributed by atoms with Crippen LogP contribution in [0.15, 0.2) is 0 Å². The van der Waals surface area contributed by atoms with Gasteiger partial charge in [0.15, 0.2) is 0 Å². The average Bonchev–Trinajstić information content (AvgIpc) is 2.95. The maximum atomic E-state index is 13.8. The van der Waals surface area contributed by atoms with Crippen molar-refractivity contribution in [3.8, 4) is 0 Å². The summed E-state index contributed by atoms with van der Waals surface area (Å²) in [6.45, 7) is 11.1. The van der Waals surface area contributed by atoms with Gasteiger partial charge in [0.25, 0.3) is 0 Å². The van der Waals surface area contributed by atoms with Gasteiger partial charge >= 0.3 is 0 Å². The Morgan fingerprint density at radius 1 is 0.930 bits per heavy atom. The lowest BCUT2D eigenvalue weighted by atomic mass is 9.73. The number of likely N-dealkylation sites (N-methyl/N-ethyl adjacent to an activating group) is 1. The van der Waals surface area contributed by atoms with Gasteiger partial charge < -0.3 is 21.1 Å². The number of nitrogens with zero attached hydrogens (tertiary/aromatic N) is 2. The van der Waals surface area contributed by atoms with Crippen molar-refractivity contribution in [2.75, 3.05) is 31.9 Å². The number of rotatable bonds is 18. The Hall–Kier alpha value is -1.76. The minimum absolute atomic E-state index is 0.0180. The van der Waals surface area contributed by atoms with E-state index in [0.29, 0.717) is 44.8 Å². The van der Waals surface area contributed by atoms with E-state index in [4.69, 9.17) is 5.73 Å². The monoisotopic (exact) mass is 629 g/mol. The van der Waals surface area contributed by atoms with Gasteiger partial charge in [-0.3, -0.25) is 14.4 Å². The van der Waals surface area contributed by atoms with Crippen LogP contribution in [0.5, 0.6) is 0 Å². The average molecular weight is 630 g/mol. The highest BCUT2D eigenvalue weighted by Gasteiger charge is 2.40. The predicted molar refractivity (Wildman–Crippen MR) is 169 cm³/mol. The molecule has 0 aromatic rings. The van der Waals surface area contributed by atoms with Gasteiger partial charge in [0.05, 0.1) is 17.9 Å². The maximum absolute atomic E-state index is 13.8. The Morgan fingerprint density at radius 2 is 1.51 bits per heavy atom. The number of hydrazine groups is 1. The summed E-state index contributed by atoms with van der Waals surface area (Å²) in [4.78, 5) is 44.0. The van der Waals surface area contributed by atoms with Crippen LogP contribution in [0.2, 0.25) is 0 Å². The molecule has 0 heterocycles. The second kappa shape index (κ2) is 18.3. The van der Waals surface area contributed by atoms with Gasteiger partial charge in [-0.1, -0.05) is 66.7 Å². The molecule has 11 nitrogen and oxygen atoms in total. The first-order valence-corrected chi connectivity index (χ1v) is 18.3. The summed E-state index contributed by atoms with van der Waals surface area (Å²) < 4.78 is 25.2. The number of nitrogens with one attached hydrogen (secondary N) is 2. The lowest BCUT2D eigenvalue weighted by Crippen LogP contribution is -2.54. The minimum atomic E-state index is -3.58. The highest BCUT2D eigenvalue weighted by Crippen LogP contribution is 2.35. The van der Waals surface area contributed by atoms with Gasteiger partial charge in [-0.2, -0.15) is 0 Å². The molecule has 2 saturated carbocycles. The summed E-state index contributed by atoms with van der Waals surface area (Å²) in [6.07, 6.45) is 7.59. The first kappa shape index (κ1) is 37.4. The molecule has 0 spiro atoms. The molecule has 250 valence electrons. The van der Waals surface area contributed by atoms with Crippen LogP contribution in [0.4, 0.5) is 0 Å². The number of hydrogen-bond acceptors (Lipinski definition) is 7. The molecule has 0 aliphatic heterocycles. The van der Waals surface area contributed by atoms with Crippen molar-refractivity contribution in [1.29, 1.82) is 0 Å². The van der Waals surface area contributed by atoms with E-state index in [2.05, 4.69) is 10.1 Å². The molecule has 5 unspecified atom stereocenters. The van der Waals surface area contributed by atoms with E-state index < -0.39 is 45.8 Å². The highest BCUT2D eigenvalue weighted by molar-refractivity contribution is 7.89. The number of hydrogen-bond donors (Lipinski definition) is 4. The van der Waals surface area contributed by atoms with Gasteiger partial charge in [-0.15, -0.1) is 4.83 Å². The third-order valence-electron chi connectivity index (χ3n) is 8.84. The largest absolute Gasteiger partial charge is 0.390 e. The number of aliphatic hydroxyl groups excluding tert-OH is 1. The molecule has 0 aromatic carbocycles. The van der Waals surface area contributed by atoms with E-state index in [1.807, 2.05) is 39.5 Å². The molecule has 5 atom stereocenters. The summed E-state index contributed by atoms with van der Waals surface area (Å²) in [5.41, 5.74) is 5.71. The molecule has 2 fully saturated rings. The smallest absolute Gasteiger partial charge is 0.225 e. The molecule has 0 bridgehead atoms. The fourth-order valence-electron chi connectivity index (χ4n) is 6.75. The van der Waals surface area contributed by atoms with Gasteiger partial charge in [-0.05, 0) is 50.4 Å². The fourth-order valence-corrected chi connectivity index (χ4v) is 8.30. The zero-order chi connectivity index (χ0) is 32.2. The topological polar surface area (TPSA) is 162 Å². The Balaban J connectivity index is 2.22. The summed E-state index contributed by atoms with van der Waals surface area (Å²) in [5, 5.41) is 16.0. The summed E-state index contributed by atoms with van der Waals surface area (Å²) >= 11 is 0. The van der Waals surface area contributed by atoms with Crippen LogP contribution >= 0.6 is 0 Å². The number of carbonyl (C=O) groups excluding carboxylic acids is 3. The van der Waals surface area contributed by atoms with Crippen molar-refractivity contribution in [1.82, 2.24) is 20.1 Å². The maximum Gasteiger partial charge on any atom is 0.225 e. The summed E-state index contributed by atoms with van der Waals surface area (Å²) in [5.74, 6) is -2.18. The van der Waals surface area contributed by atoms with Crippen LogP contribution in [-0.4, -0.2) is 85.2 Å². The molecule has 3 amide bonds. The van der Waals surface area contributed by atoms with E-state index in [0.717, 1.165) is 38.5 Å². The van der Waals surface area contributed by atoms with Crippen molar-refractivity contribution in [2.45, 2.75) is 117 Å². The number of aliphatic hydroxyl groups is 1. The molecule has 2 rings (SSSR count). The lowest BCUT2D eigenvalue weighted by molar-refractivity contribution is -0.141. The summed E-state index contributed by atoms with van der Waals surface area (Å²) in [7, 11) is -3.58. The van der Waals surface area contributed by atoms with E-state index in [1.165, 1.54) is 11.4 Å². The number of primary amides is 1. The van der Waals surface area contributed by atoms with Gasteiger partial charge in [0, 0.05) is 43.9 Å². The molecule has 2 aliphatic rings. The predicted octanol–water partition coefficient (Wildman–Crippen LogP) is 2.78. The Morgan fingerprint density at radius 3 is 2.05 bits per heavy atom. The number of nitrogens with two attached hydrogens (primary N) is 1. The van der Waals surface area contributed by atoms with Crippen LogP contribution in [0.1, 0.15) is 105 Å². The molecule has 0 saturated heterocycles. The lowest BCUT2D eigenvalue weighted by Gasteiger charge is -2.37. The van der Waals surface area contributed by atoms with Gasteiger partial charge in [-0.25, -0.2) is 13.4 Å². The van der Waals surface area contributed by atoms with Crippen LogP contribution in [0.3, 0.4) is 0 Å². The van der Waals surface area contributed by atoms with Crippen LogP contribution in [-0.2, 0) is 24.4 Å². The molecule has 0 radical (unpaired) electrons. The zero-order valence-corrected chi connectivity index (χ0v) is 28.0. The van der Waals surface area contributed by atoms with Crippen molar-refractivity contribution >= 4 is 27.7 Å². The van der Waals surface area contributed by atoms with Crippen LogP contribution in [0, 0.1) is 29.6 Å². The summed E-state index contributed by atoms with van der Waals surface area (Å²) in [6, 6.07) is -0.598. The molecule has 43 heavy (non-hydrogen) atoms. The molecular weight excluding hydrogens is 570 g/mol. The van der Waals surface area contributed by atoms with Crippen molar-refractivity contribution in [2.24, 2.45) is 35.3 Å². The second-order valence-electron chi connectivity index (χ2n) is 13.3. The third-order valence-corrected chi connectivity index (χ3v) is 10.5. The first-order chi connectivity index (χ1) is 20.3. The minimum Gasteiger partial charge on any atom is -0.390 e. The number of sulfonamides is 1. The molecule has 0 aromatic heterocycles. The van der Waals surface area contributed by atoms with Crippen molar-refractivity contribution in [3.05, 3.63) is 0 Å².